The molecule has 1 N–H and O–H groups in total. The van der Waals surface area contributed by atoms with Crippen molar-refractivity contribution in [1.29, 1.82) is 0 Å². The molecular formula is C24H25N5O. The molecule has 2 aromatic carbocycles. The van der Waals surface area contributed by atoms with Gasteiger partial charge in [0.05, 0.1) is 11.0 Å². The Morgan fingerprint density at radius 2 is 1.63 bits per heavy atom. The zero-order valence-corrected chi connectivity index (χ0v) is 16.9. The smallest absolute Gasteiger partial charge is 0.251 e. The number of hydrogen-bond acceptors (Lipinski definition) is 5. The lowest BCUT2D eigenvalue weighted by atomic mass is 9.64. The highest BCUT2D eigenvalue weighted by molar-refractivity contribution is 5.97. The number of fused-ring (bicyclic) bond motifs is 2. The van der Waals surface area contributed by atoms with E-state index in [4.69, 9.17) is 0 Å². The first kappa shape index (κ1) is 18.0. The predicted octanol–water partition coefficient (Wildman–Crippen LogP) is 1.93. The maximum Gasteiger partial charge on any atom is 0.251 e. The second kappa shape index (κ2) is 6.86. The summed E-state index contributed by atoms with van der Waals surface area (Å²) >= 11 is 0. The van der Waals surface area contributed by atoms with Gasteiger partial charge in [0.15, 0.2) is 0 Å². The van der Waals surface area contributed by atoms with E-state index in [0.29, 0.717) is 11.5 Å². The van der Waals surface area contributed by atoms with Crippen LogP contribution in [0.3, 0.4) is 0 Å². The van der Waals surface area contributed by atoms with E-state index >= 15 is 0 Å². The van der Waals surface area contributed by atoms with Gasteiger partial charge in [-0.05, 0) is 23.8 Å². The molecule has 4 aliphatic heterocycles. The summed E-state index contributed by atoms with van der Waals surface area (Å²) in [6.45, 7) is 6.35. The molecule has 152 valence electrons. The van der Waals surface area contributed by atoms with Crippen molar-refractivity contribution in [2.24, 2.45) is 5.92 Å². The molecule has 2 unspecified atom stereocenters. The first-order valence-electron chi connectivity index (χ1n) is 10.7. The van der Waals surface area contributed by atoms with Crippen LogP contribution in [0, 0.1) is 5.92 Å². The topological polar surface area (TPSA) is 61.4 Å². The van der Waals surface area contributed by atoms with Crippen LogP contribution in [0.4, 0.5) is 0 Å². The summed E-state index contributed by atoms with van der Waals surface area (Å²) in [7, 11) is 0. The van der Waals surface area contributed by atoms with Gasteiger partial charge in [0.25, 0.3) is 5.91 Å². The number of carbonyl (C=O) groups is 1. The molecule has 0 saturated carbocycles. The fourth-order valence-corrected chi connectivity index (χ4v) is 5.90. The van der Waals surface area contributed by atoms with E-state index in [1.807, 2.05) is 18.2 Å². The van der Waals surface area contributed by atoms with Crippen molar-refractivity contribution < 1.29 is 4.79 Å². The summed E-state index contributed by atoms with van der Waals surface area (Å²) in [6, 6.07) is 16.5. The average molecular weight is 399 g/mol. The second-order valence-electron chi connectivity index (χ2n) is 8.96. The van der Waals surface area contributed by atoms with Gasteiger partial charge in [-0.2, -0.15) is 0 Å². The molecule has 5 heterocycles. The van der Waals surface area contributed by atoms with Crippen LogP contribution in [0.2, 0.25) is 0 Å². The number of carbonyl (C=O) groups excluding carboxylic acids is 1. The molecule has 0 radical (unpaired) electrons. The minimum atomic E-state index is -0.0781. The van der Waals surface area contributed by atoms with Crippen LogP contribution in [0.15, 0.2) is 60.9 Å². The van der Waals surface area contributed by atoms with Crippen molar-refractivity contribution in [1.82, 2.24) is 25.1 Å². The quantitative estimate of drug-likeness (QED) is 0.729. The Kier molecular flexibility index (Phi) is 4.11. The van der Waals surface area contributed by atoms with E-state index in [-0.39, 0.29) is 17.4 Å². The minimum Gasteiger partial charge on any atom is -0.348 e. The molecule has 0 aliphatic carbocycles. The molecule has 3 aromatic rings. The molecule has 30 heavy (non-hydrogen) atoms. The number of rotatable bonds is 3. The monoisotopic (exact) mass is 399 g/mol. The van der Waals surface area contributed by atoms with Gasteiger partial charge in [-0.3, -0.25) is 14.8 Å². The van der Waals surface area contributed by atoms with Gasteiger partial charge in [0, 0.05) is 74.6 Å². The molecule has 0 spiro atoms. The summed E-state index contributed by atoms with van der Waals surface area (Å²) in [6.07, 6.45) is 3.34. The van der Waals surface area contributed by atoms with Crippen molar-refractivity contribution in [2.45, 2.75) is 11.5 Å². The van der Waals surface area contributed by atoms with Crippen LogP contribution in [0.5, 0.6) is 0 Å². The van der Waals surface area contributed by atoms with Gasteiger partial charge < -0.3 is 15.1 Å². The van der Waals surface area contributed by atoms with Gasteiger partial charge in [0.2, 0.25) is 0 Å². The van der Waals surface area contributed by atoms with Crippen LogP contribution < -0.4 is 5.32 Å². The Hall–Kier alpha value is -2.83. The van der Waals surface area contributed by atoms with Gasteiger partial charge >= 0.3 is 0 Å². The number of amides is 1. The van der Waals surface area contributed by atoms with Crippen LogP contribution >= 0.6 is 0 Å². The first-order valence-corrected chi connectivity index (χ1v) is 10.7. The number of nitrogens with zero attached hydrogens (tertiary/aromatic N) is 4. The molecule has 4 aliphatic rings. The highest BCUT2D eigenvalue weighted by Gasteiger charge is 2.55. The van der Waals surface area contributed by atoms with E-state index < -0.39 is 0 Å². The van der Waals surface area contributed by atoms with Gasteiger partial charge in [0.1, 0.15) is 0 Å². The Morgan fingerprint density at radius 3 is 2.37 bits per heavy atom. The van der Waals surface area contributed by atoms with E-state index in [0.717, 1.165) is 50.3 Å². The standard InChI is InChI=1S/C24H25N5O/c30-23(17-6-7-20-21(12-17)26-9-8-25-20)27-22-18-13-28-10-11-29(14-18)16-24(22,15-28)19-4-2-1-3-5-19/h1-9,12,18,22H,10-11,13-16H2,(H,27,30)/t18?,22-,24?/m0/s1. The van der Waals surface area contributed by atoms with Gasteiger partial charge in [-0.15, -0.1) is 0 Å². The zero-order valence-electron chi connectivity index (χ0n) is 16.9. The van der Waals surface area contributed by atoms with Gasteiger partial charge in [-0.1, -0.05) is 30.3 Å². The minimum absolute atomic E-state index is 0.0148. The SMILES string of the molecule is O=C(N[C@H]1C2CN3CCN(C2)CC1(c1ccccc1)C3)c1ccc2nccnc2c1. The van der Waals surface area contributed by atoms with E-state index in [9.17, 15) is 4.79 Å². The van der Waals surface area contributed by atoms with Crippen LogP contribution in [-0.4, -0.2) is 71.0 Å². The third-order valence-corrected chi connectivity index (χ3v) is 7.16. The average Bonchev–Trinajstić information content (AvgIpc) is 3.04. The zero-order chi connectivity index (χ0) is 20.1. The number of piperidine rings is 2. The molecule has 1 aromatic heterocycles. The van der Waals surface area contributed by atoms with Crippen molar-refractivity contribution in [2.75, 3.05) is 39.3 Å². The van der Waals surface area contributed by atoms with Gasteiger partial charge in [-0.25, -0.2) is 0 Å². The molecular weight excluding hydrogens is 374 g/mol. The summed E-state index contributed by atoms with van der Waals surface area (Å²) in [4.78, 5) is 27.2. The summed E-state index contributed by atoms with van der Waals surface area (Å²) in [5.41, 5.74) is 3.47. The normalized spacial score (nSPS) is 32.1. The van der Waals surface area contributed by atoms with Crippen molar-refractivity contribution in [3.63, 3.8) is 0 Å². The number of nitrogens with one attached hydrogen (secondary N) is 1. The van der Waals surface area contributed by atoms with E-state index in [2.05, 4.69) is 55.4 Å². The second-order valence-corrected chi connectivity index (χ2v) is 8.96. The first-order chi connectivity index (χ1) is 14.7. The van der Waals surface area contributed by atoms with E-state index in [1.165, 1.54) is 5.56 Å². The fourth-order valence-electron chi connectivity index (χ4n) is 5.90. The molecule has 4 fully saturated rings. The molecule has 1 amide bonds. The molecule has 3 atom stereocenters. The largest absolute Gasteiger partial charge is 0.348 e. The van der Waals surface area contributed by atoms with Crippen LogP contribution in [0.1, 0.15) is 15.9 Å². The lowest BCUT2D eigenvalue weighted by Gasteiger charge is -2.55. The lowest BCUT2D eigenvalue weighted by molar-refractivity contribution is 0.0180. The lowest BCUT2D eigenvalue weighted by Crippen LogP contribution is -2.70. The Bertz CT molecular complexity index is 1080. The Labute approximate surface area is 175 Å². The summed E-state index contributed by atoms with van der Waals surface area (Å²) in [5, 5.41) is 3.47. The fraction of sp³-hybridized carbons (Fsp3) is 0.375. The summed E-state index contributed by atoms with van der Waals surface area (Å²) < 4.78 is 0. The molecule has 6 heteroatoms. The Balaban J connectivity index is 1.37. The number of hydrogen-bond donors (Lipinski definition) is 1. The third kappa shape index (κ3) is 2.82. The van der Waals surface area contributed by atoms with Crippen molar-refractivity contribution in [3.05, 3.63) is 72.1 Å². The maximum atomic E-state index is 13.4. The van der Waals surface area contributed by atoms with Crippen LogP contribution in [-0.2, 0) is 5.41 Å². The number of benzene rings is 2. The van der Waals surface area contributed by atoms with E-state index in [1.54, 1.807) is 12.4 Å². The van der Waals surface area contributed by atoms with Crippen LogP contribution in [0.25, 0.3) is 11.0 Å². The van der Waals surface area contributed by atoms with Crippen molar-refractivity contribution >= 4 is 16.9 Å². The highest BCUT2D eigenvalue weighted by Crippen LogP contribution is 2.43. The predicted molar refractivity (Wildman–Crippen MR) is 115 cm³/mol. The summed E-state index contributed by atoms with van der Waals surface area (Å²) in [5.74, 6) is 0.415. The molecule has 4 saturated heterocycles. The van der Waals surface area contributed by atoms with Crippen molar-refractivity contribution in [3.8, 4) is 0 Å². The molecule has 4 bridgehead atoms. The third-order valence-electron chi connectivity index (χ3n) is 7.16. The Morgan fingerprint density at radius 1 is 0.933 bits per heavy atom. The number of aromatic nitrogens is 2. The molecule has 7 rings (SSSR count). The molecule has 6 nitrogen and oxygen atoms in total. The highest BCUT2D eigenvalue weighted by atomic mass is 16.1. The maximum absolute atomic E-state index is 13.4.